The minimum absolute atomic E-state index is 0.181. The molecule has 1 aromatic carbocycles. The Morgan fingerprint density at radius 3 is 2.82 bits per heavy atom. The van der Waals surface area contributed by atoms with E-state index in [0.717, 1.165) is 0 Å². The third kappa shape index (κ3) is 3.35. The molecule has 1 N–H and O–H groups in total. The van der Waals surface area contributed by atoms with E-state index in [1.807, 2.05) is 6.26 Å². The van der Waals surface area contributed by atoms with Crippen LogP contribution in [0.4, 0.5) is 5.69 Å². The zero-order chi connectivity index (χ0) is 12.8. The molecule has 1 rings (SSSR count). The lowest BCUT2D eigenvalue weighted by molar-refractivity contribution is -0.385. The molecule has 17 heavy (non-hydrogen) atoms. The van der Waals surface area contributed by atoms with Crippen molar-refractivity contribution in [1.82, 2.24) is 0 Å². The zero-order valence-electron chi connectivity index (χ0n) is 9.08. The summed E-state index contributed by atoms with van der Waals surface area (Å²) in [6, 6.07) is 3.83. The van der Waals surface area contributed by atoms with E-state index >= 15 is 0 Å². The van der Waals surface area contributed by atoms with Crippen LogP contribution < -0.4 is 4.74 Å². The Labute approximate surface area is 102 Å². The fraction of sp³-hybridized carbons (Fsp3) is 0.300. The monoisotopic (exact) mass is 257 g/mol. The molecule has 0 atom stereocenters. The van der Waals surface area contributed by atoms with Crippen LogP contribution in [0.3, 0.4) is 0 Å². The van der Waals surface area contributed by atoms with Crippen LogP contribution in [-0.4, -0.2) is 34.6 Å². The van der Waals surface area contributed by atoms with Crippen molar-refractivity contribution in [1.29, 1.82) is 0 Å². The summed E-state index contributed by atoms with van der Waals surface area (Å²) in [7, 11) is 0. The summed E-state index contributed by atoms with van der Waals surface area (Å²) in [6.45, 7) is 0.228. The topological polar surface area (TPSA) is 89.7 Å². The lowest BCUT2D eigenvalue weighted by atomic mass is 10.2. The van der Waals surface area contributed by atoms with Crippen LogP contribution in [0.1, 0.15) is 10.4 Å². The largest absolute Gasteiger partial charge is 0.485 e. The van der Waals surface area contributed by atoms with Gasteiger partial charge in [-0.1, -0.05) is 6.07 Å². The van der Waals surface area contributed by atoms with Crippen LogP contribution in [-0.2, 0) is 0 Å². The third-order valence-corrected chi connectivity index (χ3v) is 2.53. The number of para-hydroxylation sites is 1. The number of hydrogen-bond donors (Lipinski definition) is 1. The fourth-order valence-corrected chi connectivity index (χ4v) is 1.47. The van der Waals surface area contributed by atoms with Crippen molar-refractivity contribution < 1.29 is 19.6 Å². The first-order chi connectivity index (χ1) is 8.07. The Bertz CT molecular complexity index is 402. The van der Waals surface area contributed by atoms with Crippen molar-refractivity contribution in [3.8, 4) is 5.75 Å². The number of hydrogen-bond acceptors (Lipinski definition) is 5. The van der Waals surface area contributed by atoms with E-state index in [1.165, 1.54) is 30.0 Å². The standard InChI is InChI=1S/C10H11NO5S/c1-17-6-5-16-9-7(10(12)13)3-2-4-8(9)11(14)15/h2-4H,5-6H2,1H3,(H,12,13). The Hall–Kier alpha value is -1.76. The smallest absolute Gasteiger partial charge is 0.339 e. The SMILES string of the molecule is CSCCOc1c(C(=O)O)cccc1[N+](=O)[O-]. The average molecular weight is 257 g/mol. The van der Waals surface area contributed by atoms with E-state index in [9.17, 15) is 14.9 Å². The van der Waals surface area contributed by atoms with E-state index in [1.54, 1.807) is 0 Å². The van der Waals surface area contributed by atoms with Crippen molar-refractivity contribution in [3.63, 3.8) is 0 Å². The summed E-state index contributed by atoms with van der Waals surface area (Å²) < 4.78 is 5.19. The summed E-state index contributed by atoms with van der Waals surface area (Å²) in [6.07, 6.45) is 1.86. The summed E-state index contributed by atoms with van der Waals surface area (Å²) in [5.74, 6) is -0.794. The minimum Gasteiger partial charge on any atom is -0.485 e. The van der Waals surface area contributed by atoms with Gasteiger partial charge in [0.15, 0.2) is 0 Å². The average Bonchev–Trinajstić information content (AvgIpc) is 2.28. The van der Waals surface area contributed by atoms with Crippen LogP contribution >= 0.6 is 11.8 Å². The first-order valence-corrected chi connectivity index (χ1v) is 6.09. The van der Waals surface area contributed by atoms with E-state index in [0.29, 0.717) is 5.75 Å². The molecule has 0 aliphatic rings. The predicted molar refractivity (Wildman–Crippen MR) is 63.9 cm³/mol. The van der Waals surface area contributed by atoms with E-state index in [2.05, 4.69) is 0 Å². The quantitative estimate of drug-likeness (QED) is 0.476. The van der Waals surface area contributed by atoms with E-state index in [-0.39, 0.29) is 23.6 Å². The van der Waals surface area contributed by atoms with Gasteiger partial charge in [-0.2, -0.15) is 11.8 Å². The second kappa shape index (κ2) is 6.09. The highest BCUT2D eigenvalue weighted by molar-refractivity contribution is 7.98. The van der Waals surface area contributed by atoms with Gasteiger partial charge >= 0.3 is 11.7 Å². The number of carboxylic acid groups (broad SMARTS) is 1. The maximum atomic E-state index is 10.9. The molecular weight excluding hydrogens is 246 g/mol. The Balaban J connectivity index is 3.10. The summed E-state index contributed by atoms with van der Waals surface area (Å²) >= 11 is 1.51. The Morgan fingerprint density at radius 2 is 2.29 bits per heavy atom. The molecule has 0 radical (unpaired) electrons. The number of nitro benzene ring substituents is 1. The number of thioether (sulfide) groups is 1. The van der Waals surface area contributed by atoms with Gasteiger partial charge in [-0.15, -0.1) is 0 Å². The molecule has 0 unspecified atom stereocenters. The maximum absolute atomic E-state index is 10.9. The van der Waals surface area contributed by atoms with Gasteiger partial charge in [-0.3, -0.25) is 10.1 Å². The molecule has 0 aliphatic heterocycles. The maximum Gasteiger partial charge on any atom is 0.339 e. The minimum atomic E-state index is -1.24. The van der Waals surface area contributed by atoms with Crippen LogP contribution in [0.2, 0.25) is 0 Å². The van der Waals surface area contributed by atoms with Gasteiger partial charge in [0, 0.05) is 11.8 Å². The highest BCUT2D eigenvalue weighted by Crippen LogP contribution is 2.30. The second-order valence-electron chi connectivity index (χ2n) is 3.06. The van der Waals surface area contributed by atoms with Gasteiger partial charge in [0.05, 0.1) is 11.5 Å². The molecule has 7 heteroatoms. The molecule has 0 heterocycles. The van der Waals surface area contributed by atoms with Crippen molar-refractivity contribution >= 4 is 23.4 Å². The molecule has 0 saturated carbocycles. The molecule has 0 bridgehead atoms. The first-order valence-electron chi connectivity index (χ1n) is 4.70. The van der Waals surface area contributed by atoms with Gasteiger partial charge in [0.25, 0.3) is 0 Å². The second-order valence-corrected chi connectivity index (χ2v) is 4.04. The van der Waals surface area contributed by atoms with Crippen LogP contribution in [0.15, 0.2) is 18.2 Å². The van der Waals surface area contributed by atoms with Crippen LogP contribution in [0, 0.1) is 10.1 Å². The highest BCUT2D eigenvalue weighted by Gasteiger charge is 2.22. The molecule has 92 valence electrons. The molecule has 1 aromatic rings. The molecule has 0 spiro atoms. The molecule has 0 amide bonds. The lowest BCUT2D eigenvalue weighted by Crippen LogP contribution is -2.08. The van der Waals surface area contributed by atoms with Gasteiger partial charge in [0.2, 0.25) is 5.75 Å². The van der Waals surface area contributed by atoms with Gasteiger partial charge in [0.1, 0.15) is 5.56 Å². The van der Waals surface area contributed by atoms with Crippen molar-refractivity contribution in [2.75, 3.05) is 18.6 Å². The molecule has 0 fully saturated rings. The zero-order valence-corrected chi connectivity index (χ0v) is 9.90. The van der Waals surface area contributed by atoms with Gasteiger partial charge in [-0.05, 0) is 12.3 Å². The van der Waals surface area contributed by atoms with Crippen molar-refractivity contribution in [2.45, 2.75) is 0 Å². The fourth-order valence-electron chi connectivity index (χ4n) is 1.22. The molecule has 0 aromatic heterocycles. The molecule has 0 saturated heterocycles. The molecule has 6 nitrogen and oxygen atoms in total. The van der Waals surface area contributed by atoms with Gasteiger partial charge in [-0.25, -0.2) is 4.79 Å². The number of nitrogens with zero attached hydrogens (tertiary/aromatic N) is 1. The molecule has 0 aliphatic carbocycles. The predicted octanol–water partition coefficient (Wildman–Crippen LogP) is 2.03. The molecular formula is C10H11NO5S. The Kier molecular flexibility index (Phi) is 4.77. The summed E-state index contributed by atoms with van der Waals surface area (Å²) in [5.41, 5.74) is -0.522. The summed E-state index contributed by atoms with van der Waals surface area (Å²) in [4.78, 5) is 21.0. The summed E-state index contributed by atoms with van der Waals surface area (Å²) in [5, 5.41) is 19.7. The lowest BCUT2D eigenvalue weighted by Gasteiger charge is -2.08. The number of benzene rings is 1. The number of rotatable bonds is 6. The first kappa shape index (κ1) is 13.3. The van der Waals surface area contributed by atoms with Crippen LogP contribution in [0.5, 0.6) is 5.75 Å². The highest BCUT2D eigenvalue weighted by atomic mass is 32.2. The van der Waals surface area contributed by atoms with Crippen LogP contribution in [0.25, 0.3) is 0 Å². The van der Waals surface area contributed by atoms with E-state index < -0.39 is 10.9 Å². The number of nitro groups is 1. The number of carboxylic acids is 1. The Morgan fingerprint density at radius 1 is 1.59 bits per heavy atom. The van der Waals surface area contributed by atoms with Crippen molar-refractivity contribution in [2.24, 2.45) is 0 Å². The van der Waals surface area contributed by atoms with Crippen molar-refractivity contribution in [3.05, 3.63) is 33.9 Å². The third-order valence-electron chi connectivity index (χ3n) is 1.96. The number of aromatic carboxylic acids is 1. The normalized spacial score (nSPS) is 9.94. The van der Waals surface area contributed by atoms with E-state index in [4.69, 9.17) is 9.84 Å². The number of carbonyl (C=O) groups is 1. The van der Waals surface area contributed by atoms with Gasteiger partial charge < -0.3 is 9.84 Å². The number of ether oxygens (including phenoxy) is 1.